The van der Waals surface area contributed by atoms with Gasteiger partial charge in [0, 0.05) is 0 Å². The van der Waals surface area contributed by atoms with Gasteiger partial charge >= 0.3 is 5.97 Å². The minimum atomic E-state index is -0.113. The van der Waals surface area contributed by atoms with Crippen LogP contribution in [0.5, 0.6) is 5.75 Å². The fourth-order valence-corrected chi connectivity index (χ4v) is 1.77. The molecule has 0 bridgehead atoms. The molecule has 0 unspecified atom stereocenters. The van der Waals surface area contributed by atoms with Gasteiger partial charge in [-0.2, -0.15) is 0 Å². The molecule has 0 amide bonds. The molecule has 2 rings (SSSR count). The third kappa shape index (κ3) is 1.44. The zero-order chi connectivity index (χ0) is 9.42. The molecule has 1 aliphatic rings. The van der Waals surface area contributed by atoms with Crippen molar-refractivity contribution >= 4 is 5.97 Å². The molecular weight excluding hydrogens is 164 g/mol. The van der Waals surface area contributed by atoms with Crippen molar-refractivity contribution in [3.8, 4) is 5.75 Å². The molecular formula is C11H12O2. The summed E-state index contributed by atoms with van der Waals surface area (Å²) in [4.78, 5) is 11.0. The topological polar surface area (TPSA) is 26.3 Å². The summed E-state index contributed by atoms with van der Waals surface area (Å²) < 4.78 is 5.15. The lowest BCUT2D eigenvalue weighted by Gasteiger charge is -2.18. The van der Waals surface area contributed by atoms with Crippen LogP contribution in [-0.2, 0) is 11.2 Å². The van der Waals surface area contributed by atoms with Gasteiger partial charge in [-0.15, -0.1) is 0 Å². The zero-order valence-corrected chi connectivity index (χ0v) is 7.89. The van der Waals surface area contributed by atoms with E-state index in [9.17, 15) is 4.79 Å². The maximum absolute atomic E-state index is 11.0. The Kier molecular flexibility index (Phi) is 1.83. The lowest BCUT2D eigenvalue weighted by molar-refractivity contribution is -0.135. The number of rotatable bonds is 0. The van der Waals surface area contributed by atoms with Crippen LogP contribution in [0.25, 0.3) is 0 Å². The minimum absolute atomic E-state index is 0.113. The van der Waals surface area contributed by atoms with Gasteiger partial charge in [0.15, 0.2) is 0 Å². The number of carbonyl (C=O) groups is 1. The second-order valence-corrected chi connectivity index (χ2v) is 3.53. The summed E-state index contributed by atoms with van der Waals surface area (Å²) in [5, 5.41) is 0. The van der Waals surface area contributed by atoms with Crippen LogP contribution in [-0.4, -0.2) is 5.97 Å². The molecule has 0 saturated heterocycles. The molecule has 68 valence electrons. The van der Waals surface area contributed by atoms with Gasteiger partial charge in [-0.05, 0) is 43.0 Å². The molecule has 1 aliphatic heterocycles. The quantitative estimate of drug-likeness (QED) is 0.447. The molecule has 1 heterocycles. The molecule has 2 nitrogen and oxygen atoms in total. The maximum atomic E-state index is 11.0. The molecule has 0 saturated carbocycles. The highest BCUT2D eigenvalue weighted by Gasteiger charge is 2.18. The van der Waals surface area contributed by atoms with E-state index in [1.165, 1.54) is 11.1 Å². The van der Waals surface area contributed by atoms with E-state index in [1.54, 1.807) is 0 Å². The second kappa shape index (κ2) is 2.87. The summed E-state index contributed by atoms with van der Waals surface area (Å²) in [6, 6.07) is 4.05. The third-order valence-electron chi connectivity index (χ3n) is 2.38. The number of carbonyl (C=O) groups excluding carboxylic acids is 1. The first-order valence-electron chi connectivity index (χ1n) is 4.47. The van der Waals surface area contributed by atoms with Gasteiger partial charge in [0.2, 0.25) is 0 Å². The number of fused-ring (bicyclic) bond motifs is 1. The molecule has 0 fully saturated rings. The van der Waals surface area contributed by atoms with E-state index in [2.05, 4.69) is 13.0 Å². The Morgan fingerprint density at radius 1 is 1.23 bits per heavy atom. The largest absolute Gasteiger partial charge is 0.426 e. The summed E-state index contributed by atoms with van der Waals surface area (Å²) in [5.41, 5.74) is 3.55. The van der Waals surface area contributed by atoms with Gasteiger partial charge in [0.1, 0.15) is 5.75 Å². The van der Waals surface area contributed by atoms with Gasteiger partial charge in [0.25, 0.3) is 0 Å². The van der Waals surface area contributed by atoms with Crippen LogP contribution >= 0.6 is 0 Å². The van der Waals surface area contributed by atoms with Crippen molar-refractivity contribution in [1.82, 2.24) is 0 Å². The molecule has 0 radical (unpaired) electrons. The van der Waals surface area contributed by atoms with Crippen LogP contribution in [0.1, 0.15) is 23.1 Å². The van der Waals surface area contributed by atoms with E-state index in [-0.39, 0.29) is 5.97 Å². The number of benzene rings is 1. The van der Waals surface area contributed by atoms with Crippen LogP contribution < -0.4 is 4.74 Å². The van der Waals surface area contributed by atoms with Gasteiger partial charge in [-0.3, -0.25) is 4.79 Å². The van der Waals surface area contributed by atoms with Crippen molar-refractivity contribution in [1.29, 1.82) is 0 Å². The highest BCUT2D eigenvalue weighted by Crippen LogP contribution is 2.29. The highest BCUT2D eigenvalue weighted by molar-refractivity contribution is 5.75. The van der Waals surface area contributed by atoms with Crippen molar-refractivity contribution in [2.75, 3.05) is 0 Å². The standard InChI is InChI=1S/C11H12O2/c1-7-5-8(2)9-3-4-11(12)13-10(9)6-7/h5-6H,3-4H2,1-2H3. The molecule has 2 heteroatoms. The molecule has 0 atom stereocenters. The van der Waals surface area contributed by atoms with E-state index >= 15 is 0 Å². The summed E-state index contributed by atoms with van der Waals surface area (Å²) >= 11 is 0. The first-order valence-corrected chi connectivity index (χ1v) is 4.47. The highest BCUT2D eigenvalue weighted by atomic mass is 16.5. The predicted octanol–water partition coefficient (Wildman–Crippen LogP) is 2.16. The fraction of sp³-hybridized carbons (Fsp3) is 0.364. The number of hydrogen-bond acceptors (Lipinski definition) is 2. The summed E-state index contributed by atoms with van der Waals surface area (Å²) in [6.07, 6.45) is 1.33. The van der Waals surface area contributed by atoms with Crippen LogP contribution in [0, 0.1) is 13.8 Å². The van der Waals surface area contributed by atoms with Gasteiger partial charge in [0.05, 0.1) is 6.42 Å². The summed E-state index contributed by atoms with van der Waals surface area (Å²) in [7, 11) is 0. The van der Waals surface area contributed by atoms with Gasteiger partial charge in [-0.1, -0.05) is 6.07 Å². The predicted molar refractivity (Wildman–Crippen MR) is 49.9 cm³/mol. The minimum Gasteiger partial charge on any atom is -0.426 e. The van der Waals surface area contributed by atoms with Crippen LogP contribution in [0.3, 0.4) is 0 Å². The summed E-state index contributed by atoms with van der Waals surface area (Å²) in [6.45, 7) is 4.07. The second-order valence-electron chi connectivity index (χ2n) is 3.53. The number of hydrogen-bond donors (Lipinski definition) is 0. The van der Waals surface area contributed by atoms with E-state index in [0.717, 1.165) is 17.7 Å². The van der Waals surface area contributed by atoms with E-state index in [1.807, 2.05) is 13.0 Å². The Morgan fingerprint density at radius 2 is 2.00 bits per heavy atom. The Labute approximate surface area is 77.5 Å². The van der Waals surface area contributed by atoms with E-state index in [0.29, 0.717) is 6.42 Å². The maximum Gasteiger partial charge on any atom is 0.311 e. The van der Waals surface area contributed by atoms with Gasteiger partial charge < -0.3 is 4.74 Å². The lowest BCUT2D eigenvalue weighted by atomic mass is 9.98. The van der Waals surface area contributed by atoms with E-state index < -0.39 is 0 Å². The normalized spacial score (nSPS) is 15.1. The van der Waals surface area contributed by atoms with Crippen molar-refractivity contribution in [3.05, 3.63) is 28.8 Å². The van der Waals surface area contributed by atoms with Crippen molar-refractivity contribution in [2.24, 2.45) is 0 Å². The molecule has 0 aromatic heterocycles. The zero-order valence-electron chi connectivity index (χ0n) is 7.89. The lowest BCUT2D eigenvalue weighted by Crippen LogP contribution is -2.16. The Bertz CT molecular complexity index is 367. The monoisotopic (exact) mass is 176 g/mol. The molecule has 0 spiro atoms. The van der Waals surface area contributed by atoms with Crippen molar-refractivity contribution in [3.63, 3.8) is 0 Å². The fourth-order valence-electron chi connectivity index (χ4n) is 1.77. The Hall–Kier alpha value is -1.31. The van der Waals surface area contributed by atoms with Crippen molar-refractivity contribution in [2.45, 2.75) is 26.7 Å². The van der Waals surface area contributed by atoms with Crippen LogP contribution in [0.4, 0.5) is 0 Å². The molecule has 0 N–H and O–H groups in total. The molecule has 1 aromatic carbocycles. The van der Waals surface area contributed by atoms with E-state index in [4.69, 9.17) is 4.74 Å². The first kappa shape index (κ1) is 8.30. The number of esters is 1. The molecule has 13 heavy (non-hydrogen) atoms. The average Bonchev–Trinajstić information content (AvgIpc) is 2.02. The number of aryl methyl sites for hydroxylation is 2. The molecule has 1 aromatic rings. The Morgan fingerprint density at radius 3 is 2.77 bits per heavy atom. The SMILES string of the molecule is Cc1cc(C)c2c(c1)OC(=O)CC2. The van der Waals surface area contributed by atoms with Crippen molar-refractivity contribution < 1.29 is 9.53 Å². The van der Waals surface area contributed by atoms with Crippen LogP contribution in [0.15, 0.2) is 12.1 Å². The number of ether oxygens (including phenoxy) is 1. The third-order valence-corrected chi connectivity index (χ3v) is 2.38. The smallest absolute Gasteiger partial charge is 0.311 e. The Balaban J connectivity index is 2.53. The molecule has 0 aliphatic carbocycles. The van der Waals surface area contributed by atoms with Gasteiger partial charge in [-0.25, -0.2) is 0 Å². The average molecular weight is 176 g/mol. The summed E-state index contributed by atoms with van der Waals surface area (Å²) in [5.74, 6) is 0.645. The first-order chi connectivity index (χ1) is 6.16. The van der Waals surface area contributed by atoms with Crippen LogP contribution in [0.2, 0.25) is 0 Å².